The van der Waals surface area contributed by atoms with Crippen LogP contribution in [0.2, 0.25) is 0 Å². The number of fused-ring (bicyclic) bond motifs is 1. The molecule has 0 fully saturated rings. The number of pyridine rings is 1. The van der Waals surface area contributed by atoms with Gasteiger partial charge in [-0.1, -0.05) is 48.5 Å². The van der Waals surface area contributed by atoms with Crippen LogP contribution in [0.5, 0.6) is 0 Å². The van der Waals surface area contributed by atoms with Gasteiger partial charge in [0, 0.05) is 0 Å². The number of aromatic nitrogens is 1. The van der Waals surface area contributed by atoms with Crippen molar-refractivity contribution in [1.82, 2.24) is 4.98 Å². The first-order valence-corrected chi connectivity index (χ1v) is 6.72. The molecule has 2 aromatic carbocycles. The fourth-order valence-electron chi connectivity index (χ4n) is 2.29. The van der Waals surface area contributed by atoms with E-state index in [0.717, 1.165) is 5.56 Å². The molecule has 0 saturated heterocycles. The Morgan fingerprint density at radius 3 is 2.41 bits per heavy atom. The average Bonchev–Trinajstić information content (AvgIpc) is 2.53. The Balaban J connectivity index is 2.16. The van der Waals surface area contributed by atoms with Crippen LogP contribution in [0.1, 0.15) is 11.3 Å². The lowest BCUT2D eigenvalue weighted by Gasteiger charge is -2.05. The quantitative estimate of drug-likeness (QED) is 0.586. The van der Waals surface area contributed by atoms with Crippen LogP contribution in [0.4, 0.5) is 11.4 Å². The number of nitrogen functional groups attached to an aromatic ring is 1. The van der Waals surface area contributed by atoms with Gasteiger partial charge in [-0.15, -0.1) is 0 Å². The Kier molecular flexibility index (Phi) is 3.53. The molecule has 0 aliphatic heterocycles. The zero-order valence-corrected chi connectivity index (χ0v) is 11.6. The van der Waals surface area contributed by atoms with Gasteiger partial charge in [0.25, 0.3) is 0 Å². The van der Waals surface area contributed by atoms with Gasteiger partial charge in [0.1, 0.15) is 5.69 Å². The topological polar surface area (TPSA) is 82.0 Å². The van der Waals surface area contributed by atoms with E-state index in [9.17, 15) is 10.1 Å². The molecule has 22 heavy (non-hydrogen) atoms. The highest BCUT2D eigenvalue weighted by molar-refractivity contribution is 5.96. The molecule has 1 aromatic heterocycles. The van der Waals surface area contributed by atoms with E-state index in [0.29, 0.717) is 16.6 Å². The third kappa shape index (κ3) is 2.52. The van der Waals surface area contributed by atoms with Crippen molar-refractivity contribution in [2.75, 3.05) is 5.73 Å². The van der Waals surface area contributed by atoms with Gasteiger partial charge in [-0.25, -0.2) is 4.98 Å². The van der Waals surface area contributed by atoms with E-state index < -0.39 is 4.92 Å². The highest BCUT2D eigenvalue weighted by Crippen LogP contribution is 2.33. The lowest BCUT2D eigenvalue weighted by atomic mass is 10.1. The summed E-state index contributed by atoms with van der Waals surface area (Å²) in [6.45, 7) is 0. The standard InChI is InChI=1S/C17H13N3O2/c18-16-15(11-10-12-6-2-1-3-7-12)19-14-9-5-4-8-13(14)17(16)20(21)22/h1-11H,18H2. The monoisotopic (exact) mass is 291 g/mol. The molecule has 0 amide bonds. The molecule has 0 atom stereocenters. The maximum atomic E-state index is 11.3. The van der Waals surface area contributed by atoms with Gasteiger partial charge in [0.05, 0.1) is 21.5 Å². The molecule has 0 aliphatic carbocycles. The van der Waals surface area contributed by atoms with E-state index in [1.807, 2.05) is 36.4 Å². The Morgan fingerprint density at radius 2 is 1.68 bits per heavy atom. The summed E-state index contributed by atoms with van der Waals surface area (Å²) in [4.78, 5) is 15.3. The summed E-state index contributed by atoms with van der Waals surface area (Å²) in [6, 6.07) is 16.5. The first kappa shape index (κ1) is 13.8. The summed E-state index contributed by atoms with van der Waals surface area (Å²) >= 11 is 0. The summed E-state index contributed by atoms with van der Waals surface area (Å²) in [5.74, 6) is 0. The number of para-hydroxylation sites is 1. The fourth-order valence-corrected chi connectivity index (χ4v) is 2.29. The minimum Gasteiger partial charge on any atom is -0.391 e. The molecule has 2 N–H and O–H groups in total. The van der Waals surface area contributed by atoms with Crippen LogP contribution in [0.3, 0.4) is 0 Å². The lowest BCUT2D eigenvalue weighted by molar-refractivity contribution is -0.382. The Bertz CT molecular complexity index is 874. The molecular weight excluding hydrogens is 278 g/mol. The van der Waals surface area contributed by atoms with Crippen LogP contribution in [0.15, 0.2) is 54.6 Å². The van der Waals surface area contributed by atoms with Crippen molar-refractivity contribution in [2.45, 2.75) is 0 Å². The summed E-state index contributed by atoms with van der Waals surface area (Å²) in [6.07, 6.45) is 3.53. The minimum absolute atomic E-state index is 0.0795. The van der Waals surface area contributed by atoms with Gasteiger partial charge < -0.3 is 5.73 Å². The number of anilines is 1. The Hall–Kier alpha value is -3.21. The predicted octanol–water partition coefficient (Wildman–Crippen LogP) is 3.90. The van der Waals surface area contributed by atoms with Crippen LogP contribution in [0, 0.1) is 10.1 Å². The maximum absolute atomic E-state index is 11.3. The third-order valence-corrected chi connectivity index (χ3v) is 3.35. The first-order chi connectivity index (χ1) is 10.7. The fraction of sp³-hybridized carbons (Fsp3) is 0. The number of hydrogen-bond donors (Lipinski definition) is 1. The van der Waals surface area contributed by atoms with E-state index in [1.165, 1.54) is 0 Å². The molecule has 0 unspecified atom stereocenters. The van der Waals surface area contributed by atoms with Crippen molar-refractivity contribution in [3.05, 3.63) is 76.0 Å². The zero-order valence-electron chi connectivity index (χ0n) is 11.6. The SMILES string of the molecule is Nc1c(C=Cc2ccccc2)nc2ccccc2c1[N+](=O)[O-]. The van der Waals surface area contributed by atoms with Gasteiger partial charge in [0.2, 0.25) is 0 Å². The van der Waals surface area contributed by atoms with Crippen molar-refractivity contribution in [2.24, 2.45) is 0 Å². The highest BCUT2D eigenvalue weighted by atomic mass is 16.6. The van der Waals surface area contributed by atoms with E-state index >= 15 is 0 Å². The summed E-state index contributed by atoms with van der Waals surface area (Å²) in [7, 11) is 0. The second-order valence-electron chi connectivity index (χ2n) is 4.78. The zero-order chi connectivity index (χ0) is 15.5. The predicted molar refractivity (Wildman–Crippen MR) is 88.2 cm³/mol. The number of nitrogens with zero attached hydrogens (tertiary/aromatic N) is 2. The van der Waals surface area contributed by atoms with Crippen LogP contribution < -0.4 is 5.73 Å². The van der Waals surface area contributed by atoms with Gasteiger partial charge in [-0.2, -0.15) is 0 Å². The van der Waals surface area contributed by atoms with Crippen LogP contribution in [-0.2, 0) is 0 Å². The first-order valence-electron chi connectivity index (χ1n) is 6.72. The van der Waals surface area contributed by atoms with Crippen molar-refractivity contribution >= 4 is 34.4 Å². The molecule has 0 bridgehead atoms. The van der Waals surface area contributed by atoms with E-state index in [4.69, 9.17) is 5.73 Å². The highest BCUT2D eigenvalue weighted by Gasteiger charge is 2.20. The number of nitro groups is 1. The van der Waals surface area contributed by atoms with Crippen molar-refractivity contribution < 1.29 is 4.92 Å². The smallest absolute Gasteiger partial charge is 0.303 e. The molecule has 5 nitrogen and oxygen atoms in total. The van der Waals surface area contributed by atoms with E-state index in [1.54, 1.807) is 30.3 Å². The van der Waals surface area contributed by atoms with Crippen molar-refractivity contribution in [1.29, 1.82) is 0 Å². The van der Waals surface area contributed by atoms with E-state index in [-0.39, 0.29) is 11.4 Å². The molecule has 5 heteroatoms. The number of benzene rings is 2. The second-order valence-corrected chi connectivity index (χ2v) is 4.78. The minimum atomic E-state index is -0.459. The number of hydrogen-bond acceptors (Lipinski definition) is 4. The molecule has 3 aromatic rings. The Labute approximate surface area is 126 Å². The molecule has 0 saturated carbocycles. The largest absolute Gasteiger partial charge is 0.391 e. The third-order valence-electron chi connectivity index (χ3n) is 3.35. The van der Waals surface area contributed by atoms with Gasteiger partial charge >= 0.3 is 5.69 Å². The molecule has 108 valence electrons. The summed E-state index contributed by atoms with van der Waals surface area (Å²) in [5, 5.41) is 11.8. The summed E-state index contributed by atoms with van der Waals surface area (Å²) < 4.78 is 0. The molecular formula is C17H13N3O2. The average molecular weight is 291 g/mol. The number of rotatable bonds is 3. The van der Waals surface area contributed by atoms with Crippen molar-refractivity contribution in [3.8, 4) is 0 Å². The van der Waals surface area contributed by atoms with Gasteiger partial charge in [-0.05, 0) is 23.8 Å². The summed E-state index contributed by atoms with van der Waals surface area (Å²) in [5.41, 5.74) is 7.86. The maximum Gasteiger partial charge on any atom is 0.303 e. The van der Waals surface area contributed by atoms with Crippen LogP contribution in [-0.4, -0.2) is 9.91 Å². The van der Waals surface area contributed by atoms with Gasteiger partial charge in [0.15, 0.2) is 0 Å². The lowest BCUT2D eigenvalue weighted by Crippen LogP contribution is -2.01. The van der Waals surface area contributed by atoms with Crippen LogP contribution >= 0.6 is 0 Å². The normalized spacial score (nSPS) is 11.1. The van der Waals surface area contributed by atoms with Crippen LogP contribution in [0.25, 0.3) is 23.1 Å². The molecule has 1 heterocycles. The second kappa shape index (κ2) is 5.65. The van der Waals surface area contributed by atoms with Crippen molar-refractivity contribution in [3.63, 3.8) is 0 Å². The Morgan fingerprint density at radius 1 is 1.00 bits per heavy atom. The molecule has 0 radical (unpaired) electrons. The van der Waals surface area contributed by atoms with Gasteiger partial charge in [-0.3, -0.25) is 10.1 Å². The molecule has 0 spiro atoms. The molecule has 0 aliphatic rings. The number of nitrogens with two attached hydrogens (primary N) is 1. The van der Waals surface area contributed by atoms with E-state index in [2.05, 4.69) is 4.98 Å². The molecule has 3 rings (SSSR count).